The first-order chi connectivity index (χ1) is 14.4. The highest BCUT2D eigenvalue weighted by Crippen LogP contribution is 2.29. The first-order valence-corrected chi connectivity index (χ1v) is 9.61. The number of aromatic nitrogens is 2. The summed E-state index contributed by atoms with van der Waals surface area (Å²) in [6.45, 7) is 3.08. The van der Waals surface area contributed by atoms with Crippen molar-refractivity contribution in [3.63, 3.8) is 0 Å². The van der Waals surface area contributed by atoms with Gasteiger partial charge in [-0.15, -0.1) is 0 Å². The lowest BCUT2D eigenvalue weighted by molar-refractivity contribution is 0.222. The fraction of sp³-hybridized carbons (Fsp3) is 0.227. The van der Waals surface area contributed by atoms with Crippen LogP contribution in [0.5, 0.6) is 0 Å². The summed E-state index contributed by atoms with van der Waals surface area (Å²) in [5.74, 6) is -1.05. The second-order valence-electron chi connectivity index (χ2n) is 7.35. The Balaban J connectivity index is 1.49. The molecule has 1 aliphatic rings. The third-order valence-corrected chi connectivity index (χ3v) is 5.24. The summed E-state index contributed by atoms with van der Waals surface area (Å²) in [6, 6.07) is 9.97. The number of carbonyl (C=O) groups excluding carboxylic acids is 1. The van der Waals surface area contributed by atoms with Crippen LogP contribution in [0.1, 0.15) is 23.6 Å². The number of aryl methyl sites for hydroxylation is 1. The predicted molar refractivity (Wildman–Crippen MR) is 111 cm³/mol. The van der Waals surface area contributed by atoms with Gasteiger partial charge in [-0.25, -0.2) is 18.6 Å². The number of anilines is 2. The van der Waals surface area contributed by atoms with Crippen molar-refractivity contribution >= 4 is 17.5 Å². The van der Waals surface area contributed by atoms with Crippen molar-refractivity contribution < 1.29 is 13.6 Å². The molecule has 4 rings (SSSR count). The van der Waals surface area contributed by atoms with Gasteiger partial charge < -0.3 is 10.6 Å². The van der Waals surface area contributed by atoms with Crippen LogP contribution in [0, 0.1) is 18.6 Å². The number of nitrogen functional groups attached to an aromatic ring is 1. The fourth-order valence-corrected chi connectivity index (χ4v) is 3.54. The zero-order chi connectivity index (χ0) is 21.3. The van der Waals surface area contributed by atoms with Crippen LogP contribution in [0.2, 0.25) is 0 Å². The third-order valence-electron chi connectivity index (χ3n) is 5.24. The van der Waals surface area contributed by atoms with Crippen LogP contribution < -0.4 is 11.1 Å². The number of pyridine rings is 2. The van der Waals surface area contributed by atoms with E-state index in [0.717, 1.165) is 29.8 Å². The Labute approximate surface area is 172 Å². The van der Waals surface area contributed by atoms with E-state index in [0.29, 0.717) is 13.1 Å². The number of likely N-dealkylation sites (tertiary alicyclic amines) is 1. The molecule has 2 amide bonds. The molecule has 8 heteroatoms. The van der Waals surface area contributed by atoms with Crippen molar-refractivity contribution in [2.24, 2.45) is 0 Å². The van der Waals surface area contributed by atoms with Crippen LogP contribution >= 0.6 is 0 Å². The van der Waals surface area contributed by atoms with Crippen LogP contribution in [-0.4, -0.2) is 34.0 Å². The molecule has 2 aromatic heterocycles. The van der Waals surface area contributed by atoms with E-state index >= 15 is 0 Å². The van der Waals surface area contributed by atoms with Crippen molar-refractivity contribution in [3.05, 3.63) is 71.6 Å². The molecule has 0 aliphatic carbocycles. The smallest absolute Gasteiger partial charge is 0.323 e. The molecule has 0 bridgehead atoms. The maximum atomic E-state index is 14.1. The van der Waals surface area contributed by atoms with Gasteiger partial charge >= 0.3 is 6.03 Å². The van der Waals surface area contributed by atoms with Gasteiger partial charge in [0.25, 0.3) is 0 Å². The molecule has 3 N–H and O–H groups in total. The molecule has 1 aliphatic heterocycles. The lowest BCUT2D eigenvalue weighted by Crippen LogP contribution is -2.33. The number of hydrogen-bond acceptors (Lipinski definition) is 4. The van der Waals surface area contributed by atoms with Gasteiger partial charge in [-0.05, 0) is 49.2 Å². The zero-order valence-electron chi connectivity index (χ0n) is 16.4. The molecule has 30 heavy (non-hydrogen) atoms. The highest BCUT2D eigenvalue weighted by atomic mass is 19.1. The Kier molecular flexibility index (Phi) is 5.31. The number of nitrogens with one attached hydrogen (secondary N) is 1. The average molecular weight is 409 g/mol. The Bertz CT molecular complexity index is 1090. The van der Waals surface area contributed by atoms with Gasteiger partial charge in [-0.1, -0.05) is 6.07 Å². The fourth-order valence-electron chi connectivity index (χ4n) is 3.54. The third kappa shape index (κ3) is 4.07. The maximum Gasteiger partial charge on any atom is 0.323 e. The highest BCUT2D eigenvalue weighted by Gasteiger charge is 2.28. The average Bonchev–Trinajstić information content (AvgIpc) is 3.21. The van der Waals surface area contributed by atoms with Crippen molar-refractivity contribution in [2.45, 2.75) is 19.3 Å². The monoisotopic (exact) mass is 409 g/mol. The SMILES string of the molecule is Cc1ccc([C@@H]2CCN(C(=O)Nc3nc(-c4ccc(F)cc4F)ccc3N)C2)cn1. The van der Waals surface area contributed by atoms with Crippen LogP contribution in [0.4, 0.5) is 25.1 Å². The maximum absolute atomic E-state index is 14.1. The molecule has 3 aromatic rings. The molecular weight excluding hydrogens is 388 g/mol. The van der Waals surface area contributed by atoms with E-state index in [-0.39, 0.29) is 34.7 Å². The van der Waals surface area contributed by atoms with Gasteiger partial charge in [0.1, 0.15) is 11.6 Å². The van der Waals surface area contributed by atoms with Crippen molar-refractivity contribution in [1.29, 1.82) is 0 Å². The lowest BCUT2D eigenvalue weighted by atomic mass is 10.0. The van der Waals surface area contributed by atoms with Crippen LogP contribution in [0.25, 0.3) is 11.3 Å². The molecule has 0 radical (unpaired) electrons. The van der Waals surface area contributed by atoms with Crippen LogP contribution in [-0.2, 0) is 0 Å². The highest BCUT2D eigenvalue weighted by molar-refractivity contribution is 5.92. The number of nitrogens with two attached hydrogens (primary N) is 1. The minimum atomic E-state index is -0.737. The Morgan fingerprint density at radius 1 is 1.20 bits per heavy atom. The molecule has 0 spiro atoms. The molecule has 1 aromatic carbocycles. The number of nitrogens with zero attached hydrogens (tertiary/aromatic N) is 3. The standard InChI is InChI=1S/C22H21F2N5O/c1-13-2-3-14(11-26-13)15-8-9-29(12-15)22(30)28-21-19(25)6-7-20(27-21)17-5-4-16(23)10-18(17)24/h2-7,10-11,15H,8-9,12,25H2,1H3,(H,27,28,30)/t15-/m1/s1. The second-order valence-corrected chi connectivity index (χ2v) is 7.35. The normalized spacial score (nSPS) is 16.0. The number of carbonyl (C=O) groups is 1. The van der Waals surface area contributed by atoms with E-state index < -0.39 is 11.6 Å². The minimum Gasteiger partial charge on any atom is -0.396 e. The summed E-state index contributed by atoms with van der Waals surface area (Å²) in [7, 11) is 0. The van der Waals surface area contributed by atoms with E-state index in [2.05, 4.69) is 15.3 Å². The number of rotatable bonds is 3. The van der Waals surface area contributed by atoms with E-state index in [1.54, 1.807) is 4.90 Å². The molecular formula is C22H21F2N5O. The molecule has 1 saturated heterocycles. The van der Waals surface area contributed by atoms with Crippen molar-refractivity contribution in [3.8, 4) is 11.3 Å². The topological polar surface area (TPSA) is 84.1 Å². The summed E-state index contributed by atoms with van der Waals surface area (Å²) < 4.78 is 27.3. The summed E-state index contributed by atoms with van der Waals surface area (Å²) in [5.41, 5.74) is 8.63. The zero-order valence-corrected chi connectivity index (χ0v) is 16.4. The van der Waals surface area contributed by atoms with E-state index in [9.17, 15) is 13.6 Å². The molecule has 1 atom stereocenters. The Hall–Kier alpha value is -3.55. The Morgan fingerprint density at radius 3 is 2.77 bits per heavy atom. The van der Waals surface area contributed by atoms with Gasteiger partial charge in [-0.2, -0.15) is 0 Å². The van der Waals surface area contributed by atoms with E-state index in [1.165, 1.54) is 18.2 Å². The van der Waals surface area contributed by atoms with Gasteiger partial charge in [0.15, 0.2) is 5.82 Å². The van der Waals surface area contributed by atoms with Crippen molar-refractivity contribution in [2.75, 3.05) is 24.1 Å². The molecule has 3 heterocycles. The summed E-state index contributed by atoms with van der Waals surface area (Å²) in [6.07, 6.45) is 2.68. The number of urea groups is 1. The summed E-state index contributed by atoms with van der Waals surface area (Å²) >= 11 is 0. The molecule has 0 unspecified atom stereocenters. The minimum absolute atomic E-state index is 0.125. The van der Waals surface area contributed by atoms with Crippen molar-refractivity contribution in [1.82, 2.24) is 14.9 Å². The van der Waals surface area contributed by atoms with Gasteiger partial charge in [0.2, 0.25) is 0 Å². The predicted octanol–water partition coefficient (Wildman–Crippen LogP) is 4.33. The number of hydrogen-bond donors (Lipinski definition) is 2. The number of halogens is 2. The summed E-state index contributed by atoms with van der Waals surface area (Å²) in [5, 5.41) is 2.71. The first kappa shape index (κ1) is 19.8. The Morgan fingerprint density at radius 2 is 2.03 bits per heavy atom. The van der Waals surface area contributed by atoms with Gasteiger partial charge in [-0.3, -0.25) is 10.3 Å². The summed E-state index contributed by atoms with van der Waals surface area (Å²) in [4.78, 5) is 23.0. The molecule has 154 valence electrons. The van der Waals surface area contributed by atoms with Gasteiger partial charge in [0, 0.05) is 42.5 Å². The number of benzene rings is 1. The quantitative estimate of drug-likeness (QED) is 0.674. The van der Waals surface area contributed by atoms with E-state index in [4.69, 9.17) is 5.73 Å². The largest absolute Gasteiger partial charge is 0.396 e. The molecule has 1 fully saturated rings. The van der Waals surface area contributed by atoms with E-state index in [1.807, 2.05) is 25.3 Å². The number of amides is 2. The second kappa shape index (κ2) is 8.06. The van der Waals surface area contributed by atoms with Crippen LogP contribution in [0.15, 0.2) is 48.7 Å². The van der Waals surface area contributed by atoms with Gasteiger partial charge in [0.05, 0.1) is 11.4 Å². The molecule has 6 nitrogen and oxygen atoms in total. The lowest BCUT2D eigenvalue weighted by Gasteiger charge is -2.18. The molecule has 0 saturated carbocycles. The first-order valence-electron chi connectivity index (χ1n) is 9.61. The van der Waals surface area contributed by atoms with Crippen LogP contribution in [0.3, 0.4) is 0 Å².